The first-order chi connectivity index (χ1) is 17.8. The van der Waals surface area contributed by atoms with Crippen LogP contribution in [-0.2, 0) is 9.59 Å². The van der Waals surface area contributed by atoms with E-state index in [1.54, 1.807) is 72.8 Å². The van der Waals surface area contributed by atoms with Crippen molar-refractivity contribution in [1.29, 1.82) is 0 Å². The Hall–Kier alpha value is -4.46. The Morgan fingerprint density at radius 2 is 1.14 bits per heavy atom. The standard InChI is InChI=1S/C14H10ClNO2.C13H10ClNO.CH2O2/c15-11-6-7-13(16-9-17)12(8-11)14(18)10-4-2-1-3-5-10;14-10-6-7-12(15)11(8-10)13(16)9-4-2-1-3-5-9;2-1-3/h1-9H,(H,16,17);1-8H,15H2;1H,(H,2,3). The van der Waals surface area contributed by atoms with E-state index in [2.05, 4.69) is 5.32 Å². The Kier molecular flexibility index (Phi) is 11.5. The second-order valence-electron chi connectivity index (χ2n) is 7.18. The van der Waals surface area contributed by atoms with Crippen LogP contribution in [0.15, 0.2) is 97.1 Å². The van der Waals surface area contributed by atoms with Gasteiger partial charge >= 0.3 is 0 Å². The summed E-state index contributed by atoms with van der Waals surface area (Å²) in [7, 11) is 0. The Labute approximate surface area is 223 Å². The second kappa shape index (κ2) is 14.8. The molecular weight excluding hydrogens is 515 g/mol. The van der Waals surface area contributed by atoms with E-state index in [9.17, 15) is 14.4 Å². The zero-order valence-corrected chi connectivity index (χ0v) is 20.8. The third kappa shape index (κ3) is 8.61. The van der Waals surface area contributed by atoms with Gasteiger partial charge in [-0.25, -0.2) is 0 Å². The number of carbonyl (C=O) groups excluding carboxylic acids is 3. The molecule has 0 unspecified atom stereocenters. The summed E-state index contributed by atoms with van der Waals surface area (Å²) in [6.45, 7) is -0.250. The Balaban J connectivity index is 0.000000237. The molecule has 0 saturated carbocycles. The van der Waals surface area contributed by atoms with Gasteiger partial charge in [-0.2, -0.15) is 0 Å². The number of hydrogen-bond acceptors (Lipinski definition) is 5. The number of anilines is 2. The highest BCUT2D eigenvalue weighted by atomic mass is 35.5. The van der Waals surface area contributed by atoms with E-state index in [4.69, 9.17) is 38.8 Å². The first-order valence-corrected chi connectivity index (χ1v) is 11.4. The van der Waals surface area contributed by atoms with Crippen molar-refractivity contribution in [1.82, 2.24) is 0 Å². The molecule has 4 aromatic rings. The number of benzene rings is 4. The molecule has 1 amide bonds. The normalized spacial score (nSPS) is 9.46. The Morgan fingerprint density at radius 1 is 0.703 bits per heavy atom. The van der Waals surface area contributed by atoms with E-state index < -0.39 is 0 Å². The number of hydrogen-bond donors (Lipinski definition) is 3. The third-order valence-electron chi connectivity index (χ3n) is 4.77. The summed E-state index contributed by atoms with van der Waals surface area (Å²) in [4.78, 5) is 43.2. The van der Waals surface area contributed by atoms with E-state index in [1.165, 1.54) is 0 Å². The largest absolute Gasteiger partial charge is 0.483 e. The number of carbonyl (C=O) groups is 4. The molecule has 0 aliphatic rings. The molecule has 0 atom stereocenters. The minimum Gasteiger partial charge on any atom is -0.483 e. The molecule has 0 aliphatic carbocycles. The lowest BCUT2D eigenvalue weighted by Crippen LogP contribution is -2.06. The van der Waals surface area contributed by atoms with Crippen molar-refractivity contribution in [2.45, 2.75) is 0 Å². The van der Waals surface area contributed by atoms with Crippen molar-refractivity contribution >= 4 is 59.0 Å². The van der Waals surface area contributed by atoms with Gasteiger partial charge in [0.2, 0.25) is 6.41 Å². The van der Waals surface area contributed by atoms with Gasteiger partial charge in [0, 0.05) is 38.0 Å². The van der Waals surface area contributed by atoms with Gasteiger partial charge in [-0.15, -0.1) is 0 Å². The number of nitrogens with two attached hydrogens (primary N) is 1. The molecule has 0 aromatic heterocycles. The Bertz CT molecular complexity index is 1360. The van der Waals surface area contributed by atoms with Crippen LogP contribution in [0, 0.1) is 0 Å². The van der Waals surface area contributed by atoms with Gasteiger partial charge in [-0.3, -0.25) is 19.2 Å². The maximum Gasteiger partial charge on any atom is 0.290 e. The molecule has 0 fully saturated rings. The van der Waals surface area contributed by atoms with Gasteiger partial charge in [-0.05, 0) is 36.4 Å². The summed E-state index contributed by atoms with van der Waals surface area (Å²) in [5, 5.41) is 10.3. The van der Waals surface area contributed by atoms with Gasteiger partial charge in [0.05, 0.1) is 5.69 Å². The number of carboxylic acid groups (broad SMARTS) is 1. The molecule has 0 saturated heterocycles. The van der Waals surface area contributed by atoms with Gasteiger partial charge < -0.3 is 16.2 Å². The van der Waals surface area contributed by atoms with Crippen LogP contribution >= 0.6 is 23.2 Å². The zero-order chi connectivity index (χ0) is 27.2. The molecule has 188 valence electrons. The molecule has 0 radical (unpaired) electrons. The van der Waals surface area contributed by atoms with E-state index in [0.717, 1.165) is 0 Å². The van der Waals surface area contributed by atoms with Gasteiger partial charge in [0.25, 0.3) is 6.47 Å². The summed E-state index contributed by atoms with van der Waals surface area (Å²) in [6.07, 6.45) is 0.533. The lowest BCUT2D eigenvalue weighted by atomic mass is 10.0. The molecular formula is C28H22Cl2N2O5. The van der Waals surface area contributed by atoms with E-state index in [1.807, 2.05) is 24.3 Å². The summed E-state index contributed by atoms with van der Waals surface area (Å²) < 4.78 is 0. The second-order valence-corrected chi connectivity index (χ2v) is 8.05. The fourth-order valence-corrected chi connectivity index (χ4v) is 3.45. The molecule has 0 bridgehead atoms. The summed E-state index contributed by atoms with van der Waals surface area (Å²) >= 11 is 11.7. The number of ketones is 2. The topological polar surface area (TPSA) is 127 Å². The number of rotatable bonds is 6. The van der Waals surface area contributed by atoms with Crippen LogP contribution in [0.2, 0.25) is 10.0 Å². The van der Waals surface area contributed by atoms with E-state index in [0.29, 0.717) is 50.1 Å². The molecule has 4 aromatic carbocycles. The van der Waals surface area contributed by atoms with Gasteiger partial charge in [-0.1, -0.05) is 83.9 Å². The molecule has 37 heavy (non-hydrogen) atoms. The zero-order valence-electron chi connectivity index (χ0n) is 19.3. The van der Waals surface area contributed by atoms with Crippen molar-refractivity contribution in [2.24, 2.45) is 0 Å². The van der Waals surface area contributed by atoms with Crippen LogP contribution in [0.25, 0.3) is 0 Å². The van der Waals surface area contributed by atoms with Gasteiger partial charge in [0.15, 0.2) is 11.6 Å². The predicted octanol–water partition coefficient (Wildman–Crippen LogP) is 5.99. The molecule has 4 rings (SSSR count). The molecule has 9 heteroatoms. The monoisotopic (exact) mass is 536 g/mol. The van der Waals surface area contributed by atoms with Crippen LogP contribution in [0.5, 0.6) is 0 Å². The number of halogens is 2. The van der Waals surface area contributed by atoms with Crippen LogP contribution < -0.4 is 11.1 Å². The summed E-state index contributed by atoms with van der Waals surface area (Å²) in [5.41, 5.74) is 8.62. The van der Waals surface area contributed by atoms with Crippen molar-refractivity contribution in [2.75, 3.05) is 11.1 Å². The SMILES string of the molecule is Nc1ccc(Cl)cc1C(=O)c1ccccc1.O=CNc1ccc(Cl)cc1C(=O)c1ccccc1.O=CO. The Morgan fingerprint density at radius 3 is 1.62 bits per heavy atom. The summed E-state index contributed by atoms with van der Waals surface area (Å²) in [6, 6.07) is 27.5. The summed E-state index contributed by atoms with van der Waals surface area (Å²) in [5.74, 6) is -0.289. The number of nitrogen functional groups attached to an aromatic ring is 1. The number of amides is 1. The average molecular weight is 537 g/mol. The number of nitrogens with one attached hydrogen (secondary N) is 1. The van der Waals surface area contributed by atoms with Crippen LogP contribution in [-0.4, -0.2) is 29.6 Å². The van der Waals surface area contributed by atoms with Crippen LogP contribution in [0.4, 0.5) is 11.4 Å². The van der Waals surface area contributed by atoms with Crippen molar-refractivity contribution in [3.8, 4) is 0 Å². The van der Waals surface area contributed by atoms with Crippen LogP contribution in [0.3, 0.4) is 0 Å². The smallest absolute Gasteiger partial charge is 0.290 e. The first kappa shape index (κ1) is 28.8. The minimum absolute atomic E-state index is 0.111. The molecule has 0 heterocycles. The maximum absolute atomic E-state index is 12.3. The highest BCUT2D eigenvalue weighted by Gasteiger charge is 2.14. The molecule has 4 N–H and O–H groups in total. The fourth-order valence-electron chi connectivity index (χ4n) is 3.11. The average Bonchev–Trinajstić information content (AvgIpc) is 2.92. The molecule has 0 spiro atoms. The van der Waals surface area contributed by atoms with Gasteiger partial charge in [0.1, 0.15) is 0 Å². The van der Waals surface area contributed by atoms with Crippen molar-refractivity contribution in [3.63, 3.8) is 0 Å². The lowest BCUT2D eigenvalue weighted by molar-refractivity contribution is -0.122. The van der Waals surface area contributed by atoms with E-state index >= 15 is 0 Å². The van der Waals surface area contributed by atoms with Crippen LogP contribution in [0.1, 0.15) is 31.8 Å². The molecule has 0 aliphatic heterocycles. The highest BCUT2D eigenvalue weighted by Crippen LogP contribution is 2.23. The first-order valence-electron chi connectivity index (χ1n) is 10.6. The van der Waals surface area contributed by atoms with Crippen molar-refractivity contribution in [3.05, 3.63) is 129 Å². The minimum atomic E-state index is -0.250. The fraction of sp³-hybridized carbons (Fsp3) is 0. The molecule has 7 nitrogen and oxygen atoms in total. The lowest BCUT2D eigenvalue weighted by Gasteiger charge is -2.08. The van der Waals surface area contributed by atoms with E-state index in [-0.39, 0.29) is 18.0 Å². The maximum atomic E-state index is 12.3. The quantitative estimate of drug-likeness (QED) is 0.158. The predicted molar refractivity (Wildman–Crippen MR) is 145 cm³/mol. The third-order valence-corrected chi connectivity index (χ3v) is 5.24. The highest BCUT2D eigenvalue weighted by molar-refractivity contribution is 6.32. The van der Waals surface area contributed by atoms with Crippen molar-refractivity contribution < 1.29 is 24.3 Å².